The summed E-state index contributed by atoms with van der Waals surface area (Å²) in [5.41, 5.74) is 1.34. The van der Waals surface area contributed by atoms with Crippen molar-refractivity contribution in [3.05, 3.63) is 51.3 Å². The van der Waals surface area contributed by atoms with Gasteiger partial charge in [-0.15, -0.1) is 22.7 Å². The predicted octanol–water partition coefficient (Wildman–Crippen LogP) is 4.33. The Morgan fingerprint density at radius 3 is 2.61 bits per heavy atom. The van der Waals surface area contributed by atoms with Crippen LogP contribution in [0.2, 0.25) is 0 Å². The van der Waals surface area contributed by atoms with Gasteiger partial charge in [0.15, 0.2) is 0 Å². The summed E-state index contributed by atoms with van der Waals surface area (Å²) in [4.78, 5) is 29.6. The number of nitrogens with zero attached hydrogens (tertiary/aromatic N) is 1. The van der Waals surface area contributed by atoms with E-state index in [4.69, 9.17) is 4.74 Å². The highest BCUT2D eigenvalue weighted by molar-refractivity contribution is 9.10. The van der Waals surface area contributed by atoms with Gasteiger partial charge in [0.1, 0.15) is 10.8 Å². The maximum atomic E-state index is 12.1. The van der Waals surface area contributed by atoms with Gasteiger partial charge in [0.05, 0.1) is 30.1 Å². The van der Waals surface area contributed by atoms with Crippen molar-refractivity contribution in [1.82, 2.24) is 10.3 Å². The lowest BCUT2D eigenvalue weighted by atomic mass is 10.3. The number of aromatic nitrogens is 1. The molecule has 3 rings (SSSR count). The molecule has 0 aliphatic carbocycles. The standard InChI is InChI=1S/C19H18BrN3O3S2/c1-2-26-15-5-3-13(4-6-15)22-18(25)9-21-17(24)8-14-11-28-19(23-14)16-7-12(20)10-27-16/h3-7,10-11H,2,8-9H2,1H3,(H,21,24)(H,22,25). The molecule has 0 aliphatic heterocycles. The summed E-state index contributed by atoms with van der Waals surface area (Å²) >= 11 is 6.51. The third kappa shape index (κ3) is 5.88. The van der Waals surface area contributed by atoms with Crippen LogP contribution >= 0.6 is 38.6 Å². The first-order valence-electron chi connectivity index (χ1n) is 8.51. The second kappa shape index (κ2) is 9.81. The lowest BCUT2D eigenvalue weighted by Gasteiger charge is -2.08. The topological polar surface area (TPSA) is 80.3 Å². The van der Waals surface area contributed by atoms with Crippen molar-refractivity contribution in [2.45, 2.75) is 13.3 Å². The van der Waals surface area contributed by atoms with Gasteiger partial charge in [0.2, 0.25) is 11.8 Å². The monoisotopic (exact) mass is 479 g/mol. The number of nitrogens with one attached hydrogen (secondary N) is 2. The van der Waals surface area contributed by atoms with Crippen molar-refractivity contribution in [2.75, 3.05) is 18.5 Å². The zero-order valence-corrected chi connectivity index (χ0v) is 18.2. The second-order valence-electron chi connectivity index (χ2n) is 5.73. The molecule has 0 aliphatic rings. The zero-order chi connectivity index (χ0) is 19.9. The Hall–Kier alpha value is -2.23. The number of ether oxygens (including phenoxy) is 1. The summed E-state index contributed by atoms with van der Waals surface area (Å²) < 4.78 is 6.37. The van der Waals surface area contributed by atoms with Crippen molar-refractivity contribution < 1.29 is 14.3 Å². The summed E-state index contributed by atoms with van der Waals surface area (Å²) in [6.45, 7) is 2.40. The Kier molecular flexibility index (Phi) is 7.18. The first-order chi connectivity index (χ1) is 13.5. The van der Waals surface area contributed by atoms with Crippen LogP contribution < -0.4 is 15.4 Å². The molecule has 0 saturated heterocycles. The van der Waals surface area contributed by atoms with E-state index in [1.54, 1.807) is 35.6 Å². The SMILES string of the molecule is CCOc1ccc(NC(=O)CNC(=O)Cc2csc(-c3cc(Br)cs3)n2)cc1. The molecule has 0 bridgehead atoms. The van der Waals surface area contributed by atoms with Gasteiger partial charge in [-0.3, -0.25) is 9.59 Å². The molecule has 6 nitrogen and oxygen atoms in total. The molecule has 3 aromatic rings. The van der Waals surface area contributed by atoms with E-state index in [9.17, 15) is 9.59 Å². The number of hydrogen-bond donors (Lipinski definition) is 2. The fourth-order valence-electron chi connectivity index (χ4n) is 2.34. The Bertz CT molecular complexity index is 954. The molecular weight excluding hydrogens is 462 g/mol. The third-order valence-electron chi connectivity index (χ3n) is 3.57. The normalized spacial score (nSPS) is 10.5. The van der Waals surface area contributed by atoms with Crippen LogP contribution in [0.5, 0.6) is 5.75 Å². The minimum Gasteiger partial charge on any atom is -0.494 e. The molecule has 0 atom stereocenters. The van der Waals surface area contributed by atoms with Crippen molar-refractivity contribution >= 4 is 56.1 Å². The molecule has 0 radical (unpaired) electrons. The minimum absolute atomic E-state index is 0.0963. The van der Waals surface area contributed by atoms with Crippen LogP contribution in [-0.2, 0) is 16.0 Å². The summed E-state index contributed by atoms with van der Waals surface area (Å²) in [6, 6.07) is 9.07. The molecule has 2 amide bonds. The van der Waals surface area contributed by atoms with E-state index in [0.717, 1.165) is 20.1 Å². The van der Waals surface area contributed by atoms with Gasteiger partial charge in [0.25, 0.3) is 0 Å². The van der Waals surface area contributed by atoms with Gasteiger partial charge < -0.3 is 15.4 Å². The maximum Gasteiger partial charge on any atom is 0.243 e. The molecule has 1 aromatic carbocycles. The molecule has 28 heavy (non-hydrogen) atoms. The highest BCUT2D eigenvalue weighted by Crippen LogP contribution is 2.32. The lowest BCUT2D eigenvalue weighted by Crippen LogP contribution is -2.33. The van der Waals surface area contributed by atoms with E-state index < -0.39 is 0 Å². The van der Waals surface area contributed by atoms with E-state index in [2.05, 4.69) is 31.5 Å². The van der Waals surface area contributed by atoms with Crippen molar-refractivity contribution in [2.24, 2.45) is 0 Å². The first-order valence-corrected chi connectivity index (χ1v) is 11.1. The van der Waals surface area contributed by atoms with Crippen LogP contribution in [0, 0.1) is 0 Å². The van der Waals surface area contributed by atoms with Crippen molar-refractivity contribution in [1.29, 1.82) is 0 Å². The molecule has 0 spiro atoms. The average molecular weight is 480 g/mol. The van der Waals surface area contributed by atoms with Gasteiger partial charge in [-0.1, -0.05) is 0 Å². The third-order valence-corrected chi connectivity index (χ3v) is 6.32. The van der Waals surface area contributed by atoms with Gasteiger partial charge in [-0.25, -0.2) is 4.98 Å². The molecule has 0 fully saturated rings. The van der Waals surface area contributed by atoms with E-state index in [1.807, 2.05) is 23.8 Å². The number of thiazole rings is 1. The molecular formula is C19H18BrN3O3S2. The Morgan fingerprint density at radius 1 is 1.14 bits per heavy atom. The highest BCUT2D eigenvalue weighted by atomic mass is 79.9. The predicted molar refractivity (Wildman–Crippen MR) is 116 cm³/mol. The van der Waals surface area contributed by atoms with E-state index in [0.29, 0.717) is 18.0 Å². The Morgan fingerprint density at radius 2 is 1.93 bits per heavy atom. The number of carbonyl (C=O) groups is 2. The number of rotatable bonds is 8. The molecule has 146 valence electrons. The number of thiophene rings is 1. The zero-order valence-electron chi connectivity index (χ0n) is 15.0. The number of halogens is 1. The van der Waals surface area contributed by atoms with E-state index in [1.165, 1.54) is 11.3 Å². The molecule has 2 heterocycles. The smallest absolute Gasteiger partial charge is 0.243 e. The second-order valence-corrected chi connectivity index (χ2v) is 8.42. The van der Waals surface area contributed by atoms with Crippen molar-refractivity contribution in [3.63, 3.8) is 0 Å². The van der Waals surface area contributed by atoms with Crippen LogP contribution in [-0.4, -0.2) is 29.9 Å². The van der Waals surface area contributed by atoms with Crippen molar-refractivity contribution in [3.8, 4) is 15.6 Å². The molecule has 0 saturated carbocycles. The summed E-state index contributed by atoms with van der Waals surface area (Å²) in [5.74, 6) is 0.206. The highest BCUT2D eigenvalue weighted by Gasteiger charge is 2.11. The van der Waals surface area contributed by atoms with Gasteiger partial charge in [0, 0.05) is 20.9 Å². The largest absolute Gasteiger partial charge is 0.494 e. The first kappa shape index (κ1) is 20.5. The number of hydrogen-bond acceptors (Lipinski definition) is 6. The molecule has 0 unspecified atom stereocenters. The summed E-state index contributed by atoms with van der Waals surface area (Å²) in [5, 5.41) is 10.1. The Labute approximate surface area is 179 Å². The number of carbonyl (C=O) groups excluding carboxylic acids is 2. The van der Waals surface area contributed by atoms with Crippen LogP contribution in [0.1, 0.15) is 12.6 Å². The number of benzene rings is 1. The van der Waals surface area contributed by atoms with Gasteiger partial charge in [-0.2, -0.15) is 0 Å². The van der Waals surface area contributed by atoms with Gasteiger partial charge in [-0.05, 0) is 53.2 Å². The minimum atomic E-state index is -0.292. The van der Waals surface area contributed by atoms with Gasteiger partial charge >= 0.3 is 0 Å². The maximum absolute atomic E-state index is 12.1. The molecule has 2 aromatic heterocycles. The lowest BCUT2D eigenvalue weighted by molar-refractivity contribution is -0.123. The van der Waals surface area contributed by atoms with Crippen LogP contribution in [0.15, 0.2) is 45.6 Å². The van der Waals surface area contributed by atoms with Crippen LogP contribution in [0.4, 0.5) is 5.69 Å². The summed E-state index contributed by atoms with van der Waals surface area (Å²) in [7, 11) is 0. The fourth-order valence-corrected chi connectivity index (χ4v) is 4.67. The molecule has 9 heteroatoms. The quantitative estimate of drug-likeness (QED) is 0.503. The molecule has 2 N–H and O–H groups in total. The number of anilines is 1. The number of amides is 2. The summed E-state index contributed by atoms with van der Waals surface area (Å²) in [6.07, 6.45) is 0.138. The van der Waals surface area contributed by atoms with Crippen LogP contribution in [0.25, 0.3) is 9.88 Å². The van der Waals surface area contributed by atoms with E-state index >= 15 is 0 Å². The van der Waals surface area contributed by atoms with E-state index in [-0.39, 0.29) is 24.8 Å². The average Bonchev–Trinajstić information content (AvgIpc) is 3.31. The fraction of sp³-hybridized carbons (Fsp3) is 0.211. The Balaban J connectivity index is 1.45. The van der Waals surface area contributed by atoms with Crippen LogP contribution in [0.3, 0.4) is 0 Å².